The van der Waals surface area contributed by atoms with Crippen LogP contribution in [0.15, 0.2) is 34.9 Å². The van der Waals surface area contributed by atoms with Crippen molar-refractivity contribution < 1.29 is 12.9 Å². The molecule has 24 heavy (non-hydrogen) atoms. The van der Waals surface area contributed by atoms with Crippen LogP contribution >= 0.6 is 0 Å². The number of nitrogens with zero attached hydrogens (tertiary/aromatic N) is 2. The predicted octanol–water partition coefficient (Wildman–Crippen LogP) is 3.05. The Morgan fingerprint density at radius 2 is 1.79 bits per heavy atom. The largest absolute Gasteiger partial charge is 0.340 e. The van der Waals surface area contributed by atoms with Gasteiger partial charge in [-0.25, -0.2) is 13.1 Å². The summed E-state index contributed by atoms with van der Waals surface area (Å²) in [6, 6.07) is 9.19. The number of hydrogen-bond acceptors (Lipinski definition) is 5. The Labute approximate surface area is 142 Å². The lowest BCUT2D eigenvalue weighted by molar-refractivity contribution is 0.301. The van der Waals surface area contributed by atoms with E-state index in [-0.39, 0.29) is 5.75 Å². The maximum atomic E-state index is 12.8. The van der Waals surface area contributed by atoms with Gasteiger partial charge in [-0.15, -0.1) is 0 Å². The summed E-state index contributed by atoms with van der Waals surface area (Å²) in [5.74, 6) is 0.862. The van der Waals surface area contributed by atoms with Crippen LogP contribution in [0.3, 0.4) is 0 Å². The van der Waals surface area contributed by atoms with Gasteiger partial charge in [-0.1, -0.05) is 61.2 Å². The van der Waals surface area contributed by atoms with Crippen LogP contribution in [-0.4, -0.2) is 18.6 Å². The molecule has 1 aliphatic carbocycles. The first-order valence-corrected chi connectivity index (χ1v) is 10.0. The molecule has 2 aromatic rings. The lowest BCUT2D eigenvalue weighted by atomic mass is 9.91. The van der Waals surface area contributed by atoms with Crippen LogP contribution < -0.4 is 4.72 Å². The van der Waals surface area contributed by atoms with Gasteiger partial charge < -0.3 is 4.52 Å². The molecule has 0 saturated heterocycles. The number of aryl methyl sites for hydroxylation is 1. The molecule has 130 valence electrons. The molecule has 0 radical (unpaired) electrons. The first-order valence-electron chi connectivity index (χ1n) is 8.35. The number of benzene rings is 1. The molecule has 0 amide bonds. The van der Waals surface area contributed by atoms with Crippen molar-refractivity contribution in [3.8, 4) is 0 Å². The SMILES string of the molecule is Cc1nc(C2(NS(=O)(=O)Cc3ccccc3)CCCCCC2)no1. The summed E-state index contributed by atoms with van der Waals surface area (Å²) in [7, 11) is -3.52. The Morgan fingerprint density at radius 3 is 2.38 bits per heavy atom. The molecule has 0 spiro atoms. The molecule has 1 aliphatic rings. The average molecular weight is 349 g/mol. The third-order valence-electron chi connectivity index (χ3n) is 4.46. The van der Waals surface area contributed by atoms with E-state index in [1.807, 2.05) is 30.3 Å². The van der Waals surface area contributed by atoms with Crippen molar-refractivity contribution >= 4 is 10.0 Å². The normalized spacial score (nSPS) is 18.2. The Hall–Kier alpha value is -1.73. The maximum absolute atomic E-state index is 12.8. The lowest BCUT2D eigenvalue weighted by Crippen LogP contribution is -2.46. The van der Waals surface area contributed by atoms with E-state index in [1.54, 1.807) is 6.92 Å². The second-order valence-corrected chi connectivity index (χ2v) is 8.20. The number of nitrogens with one attached hydrogen (secondary N) is 1. The first kappa shape index (κ1) is 17.1. The highest BCUT2D eigenvalue weighted by Crippen LogP contribution is 2.35. The Balaban J connectivity index is 1.88. The van der Waals surface area contributed by atoms with Crippen LogP contribution in [-0.2, 0) is 21.3 Å². The molecule has 0 atom stereocenters. The fraction of sp³-hybridized carbons (Fsp3) is 0.529. The standard InChI is InChI=1S/C17H23N3O3S/c1-14-18-16(19-23-14)17(11-7-2-3-8-12-17)20-24(21,22)13-15-9-5-4-6-10-15/h4-6,9-10,20H,2-3,7-8,11-13H2,1H3. The topological polar surface area (TPSA) is 85.1 Å². The van der Waals surface area contributed by atoms with Gasteiger partial charge in [0, 0.05) is 6.92 Å². The molecule has 3 rings (SSSR count). The molecule has 1 aromatic carbocycles. The van der Waals surface area contributed by atoms with Crippen molar-refractivity contribution in [1.29, 1.82) is 0 Å². The van der Waals surface area contributed by atoms with Crippen molar-refractivity contribution in [2.24, 2.45) is 0 Å². The van der Waals surface area contributed by atoms with Crippen molar-refractivity contribution in [2.75, 3.05) is 0 Å². The zero-order chi connectivity index (χ0) is 17.0. The third-order valence-corrected chi connectivity index (χ3v) is 5.88. The van der Waals surface area contributed by atoms with Gasteiger partial charge in [0.05, 0.1) is 11.3 Å². The minimum absolute atomic E-state index is 0.0492. The molecule has 1 fully saturated rings. The zero-order valence-electron chi connectivity index (χ0n) is 13.9. The molecule has 1 saturated carbocycles. The van der Waals surface area contributed by atoms with Crippen LogP contribution in [0, 0.1) is 6.92 Å². The molecule has 0 aliphatic heterocycles. The van der Waals surface area contributed by atoms with E-state index < -0.39 is 15.6 Å². The van der Waals surface area contributed by atoms with Crippen LogP contribution in [0.25, 0.3) is 0 Å². The van der Waals surface area contributed by atoms with Gasteiger partial charge in [-0.3, -0.25) is 0 Å². The van der Waals surface area contributed by atoms with E-state index in [9.17, 15) is 8.42 Å². The summed E-state index contributed by atoms with van der Waals surface area (Å²) in [6.07, 6.45) is 5.47. The lowest BCUT2D eigenvalue weighted by Gasteiger charge is -2.30. The highest BCUT2D eigenvalue weighted by molar-refractivity contribution is 7.88. The quantitative estimate of drug-likeness (QED) is 0.839. The van der Waals surface area contributed by atoms with Crippen LogP contribution in [0.1, 0.15) is 55.8 Å². The minimum Gasteiger partial charge on any atom is -0.340 e. The summed E-state index contributed by atoms with van der Waals surface area (Å²) in [5, 5.41) is 4.03. The maximum Gasteiger partial charge on any atom is 0.223 e. The third kappa shape index (κ3) is 4.02. The number of aromatic nitrogens is 2. The van der Waals surface area contributed by atoms with Crippen LogP contribution in [0.2, 0.25) is 0 Å². The number of sulfonamides is 1. The predicted molar refractivity (Wildman–Crippen MR) is 90.6 cm³/mol. The molecular formula is C17H23N3O3S. The van der Waals surface area contributed by atoms with Gasteiger partial charge in [0.15, 0.2) is 5.82 Å². The summed E-state index contributed by atoms with van der Waals surface area (Å²) >= 11 is 0. The zero-order valence-corrected chi connectivity index (χ0v) is 14.7. The van der Waals surface area contributed by atoms with E-state index in [2.05, 4.69) is 14.9 Å². The minimum atomic E-state index is -3.52. The van der Waals surface area contributed by atoms with Crippen LogP contribution in [0.5, 0.6) is 0 Å². The van der Waals surface area contributed by atoms with E-state index in [1.165, 1.54) is 0 Å². The first-order chi connectivity index (χ1) is 11.5. The highest BCUT2D eigenvalue weighted by Gasteiger charge is 2.40. The molecular weight excluding hydrogens is 326 g/mol. The summed E-state index contributed by atoms with van der Waals surface area (Å²) in [5.41, 5.74) is 0.0000667. The van der Waals surface area contributed by atoms with E-state index in [0.717, 1.165) is 31.2 Å². The van der Waals surface area contributed by atoms with Crippen molar-refractivity contribution in [1.82, 2.24) is 14.9 Å². The Morgan fingerprint density at radius 1 is 1.12 bits per heavy atom. The highest BCUT2D eigenvalue weighted by atomic mass is 32.2. The Bertz CT molecular complexity index is 763. The second kappa shape index (κ2) is 7.03. The molecule has 1 aromatic heterocycles. The number of hydrogen-bond donors (Lipinski definition) is 1. The van der Waals surface area contributed by atoms with Crippen molar-refractivity contribution in [3.63, 3.8) is 0 Å². The van der Waals surface area contributed by atoms with Crippen molar-refractivity contribution in [3.05, 3.63) is 47.6 Å². The number of rotatable bonds is 5. The summed E-state index contributed by atoms with van der Waals surface area (Å²) in [4.78, 5) is 4.33. The fourth-order valence-electron chi connectivity index (χ4n) is 3.32. The van der Waals surface area contributed by atoms with E-state index in [4.69, 9.17) is 4.52 Å². The summed E-state index contributed by atoms with van der Waals surface area (Å²) in [6.45, 7) is 1.72. The molecule has 0 bridgehead atoms. The molecule has 7 heteroatoms. The van der Waals surface area contributed by atoms with E-state index >= 15 is 0 Å². The molecule has 1 heterocycles. The van der Waals surface area contributed by atoms with Gasteiger partial charge in [-0.05, 0) is 18.4 Å². The Kier molecular flexibility index (Phi) is 5.01. The molecule has 0 unspecified atom stereocenters. The fourth-order valence-corrected chi connectivity index (χ4v) is 4.92. The molecule has 6 nitrogen and oxygen atoms in total. The average Bonchev–Trinajstić information content (AvgIpc) is 2.84. The molecule has 1 N–H and O–H groups in total. The van der Waals surface area contributed by atoms with Gasteiger partial charge in [0.1, 0.15) is 0 Å². The second-order valence-electron chi connectivity index (χ2n) is 6.48. The van der Waals surface area contributed by atoms with Crippen LogP contribution in [0.4, 0.5) is 0 Å². The van der Waals surface area contributed by atoms with E-state index in [0.29, 0.717) is 24.6 Å². The monoisotopic (exact) mass is 349 g/mol. The van der Waals surface area contributed by atoms with Gasteiger partial charge in [0.25, 0.3) is 0 Å². The van der Waals surface area contributed by atoms with Gasteiger partial charge in [0.2, 0.25) is 15.9 Å². The van der Waals surface area contributed by atoms with Gasteiger partial charge in [-0.2, -0.15) is 4.98 Å². The smallest absolute Gasteiger partial charge is 0.223 e. The van der Waals surface area contributed by atoms with Gasteiger partial charge >= 0.3 is 0 Å². The summed E-state index contributed by atoms with van der Waals surface area (Å²) < 4.78 is 33.6. The van der Waals surface area contributed by atoms with Crippen molar-refractivity contribution in [2.45, 2.75) is 56.7 Å².